The number of carbonyl (C=O) groups excluding carboxylic acids is 1. The summed E-state index contributed by atoms with van der Waals surface area (Å²) in [5, 5.41) is 3.69. The van der Waals surface area contributed by atoms with E-state index in [0.717, 1.165) is 31.2 Å². The molecule has 17 heavy (non-hydrogen) atoms. The number of hydrogen-bond donors (Lipinski definition) is 1. The lowest BCUT2D eigenvalue weighted by atomic mass is 10.0. The SMILES string of the molecule is O=C1N(CC2CC2)C(C2CCCC2)NC12CC2. The summed E-state index contributed by atoms with van der Waals surface area (Å²) < 4.78 is 0. The molecule has 1 saturated heterocycles. The monoisotopic (exact) mass is 234 g/mol. The normalized spacial score (nSPS) is 36.1. The van der Waals surface area contributed by atoms with Gasteiger partial charge in [0.05, 0.1) is 11.7 Å². The van der Waals surface area contributed by atoms with E-state index in [-0.39, 0.29) is 5.54 Å². The Morgan fingerprint density at radius 3 is 2.47 bits per heavy atom. The average Bonchev–Trinajstić information content (AvgIpc) is 3.22. The van der Waals surface area contributed by atoms with E-state index in [4.69, 9.17) is 0 Å². The van der Waals surface area contributed by atoms with Gasteiger partial charge in [-0.3, -0.25) is 10.1 Å². The Hall–Kier alpha value is -0.570. The van der Waals surface area contributed by atoms with Crippen LogP contribution < -0.4 is 5.32 Å². The summed E-state index contributed by atoms with van der Waals surface area (Å²) in [5.74, 6) is 1.98. The Kier molecular flexibility index (Phi) is 2.11. The first kappa shape index (κ1) is 10.4. The zero-order valence-corrected chi connectivity index (χ0v) is 10.5. The van der Waals surface area contributed by atoms with Gasteiger partial charge in [0.15, 0.2) is 0 Å². The van der Waals surface area contributed by atoms with Crippen molar-refractivity contribution in [2.75, 3.05) is 6.54 Å². The van der Waals surface area contributed by atoms with Gasteiger partial charge in [-0.05, 0) is 50.4 Å². The third-order valence-corrected chi connectivity index (χ3v) is 5.18. The van der Waals surface area contributed by atoms with Crippen molar-refractivity contribution in [3.05, 3.63) is 0 Å². The molecule has 1 spiro atoms. The van der Waals surface area contributed by atoms with Crippen molar-refractivity contribution in [2.24, 2.45) is 11.8 Å². The lowest BCUT2D eigenvalue weighted by Crippen LogP contribution is -2.43. The van der Waals surface area contributed by atoms with Crippen LogP contribution in [0.4, 0.5) is 0 Å². The fourth-order valence-corrected chi connectivity index (χ4v) is 3.73. The van der Waals surface area contributed by atoms with Gasteiger partial charge in [0, 0.05) is 6.54 Å². The molecule has 3 saturated carbocycles. The minimum atomic E-state index is -0.0951. The van der Waals surface area contributed by atoms with E-state index in [2.05, 4.69) is 10.2 Å². The van der Waals surface area contributed by atoms with E-state index in [1.54, 1.807) is 0 Å². The maximum atomic E-state index is 12.5. The van der Waals surface area contributed by atoms with Crippen LogP contribution in [0.5, 0.6) is 0 Å². The van der Waals surface area contributed by atoms with Crippen molar-refractivity contribution in [1.82, 2.24) is 10.2 Å². The smallest absolute Gasteiger partial charge is 0.244 e. The first-order chi connectivity index (χ1) is 8.28. The molecule has 94 valence electrons. The highest BCUT2D eigenvalue weighted by molar-refractivity contribution is 5.91. The second kappa shape index (κ2) is 3.47. The zero-order chi connectivity index (χ0) is 11.5. The molecule has 3 aliphatic carbocycles. The van der Waals surface area contributed by atoms with Crippen LogP contribution in [0.1, 0.15) is 51.4 Å². The van der Waals surface area contributed by atoms with Crippen molar-refractivity contribution in [3.63, 3.8) is 0 Å². The maximum absolute atomic E-state index is 12.5. The van der Waals surface area contributed by atoms with Crippen LogP contribution in [0.25, 0.3) is 0 Å². The summed E-state index contributed by atoms with van der Waals surface area (Å²) in [7, 11) is 0. The molecule has 3 nitrogen and oxygen atoms in total. The minimum Gasteiger partial charge on any atom is -0.325 e. The van der Waals surface area contributed by atoms with Crippen LogP contribution in [0.2, 0.25) is 0 Å². The van der Waals surface area contributed by atoms with Crippen LogP contribution in [0.3, 0.4) is 0 Å². The Labute approximate surface area is 103 Å². The second-order valence-corrected chi connectivity index (χ2v) is 6.62. The predicted octanol–water partition coefficient (Wildman–Crippen LogP) is 1.88. The third kappa shape index (κ3) is 1.62. The number of hydrogen-bond acceptors (Lipinski definition) is 2. The zero-order valence-electron chi connectivity index (χ0n) is 10.5. The first-order valence-corrected chi connectivity index (χ1v) is 7.37. The standard InChI is InChI=1S/C14H22N2O/c17-13-14(7-8-14)15-12(11-3-1-2-4-11)16(13)9-10-5-6-10/h10-12,15H,1-9H2. The topological polar surface area (TPSA) is 32.3 Å². The fourth-order valence-electron chi connectivity index (χ4n) is 3.73. The molecule has 1 aliphatic heterocycles. The molecule has 1 atom stereocenters. The van der Waals surface area contributed by atoms with Crippen molar-refractivity contribution in [3.8, 4) is 0 Å². The van der Waals surface area contributed by atoms with Gasteiger partial charge in [0.1, 0.15) is 0 Å². The van der Waals surface area contributed by atoms with Crippen LogP contribution in [0, 0.1) is 11.8 Å². The van der Waals surface area contributed by atoms with E-state index in [1.165, 1.54) is 38.5 Å². The summed E-state index contributed by atoms with van der Waals surface area (Å²) >= 11 is 0. The number of nitrogens with one attached hydrogen (secondary N) is 1. The molecule has 0 bridgehead atoms. The van der Waals surface area contributed by atoms with Crippen molar-refractivity contribution in [1.29, 1.82) is 0 Å². The average molecular weight is 234 g/mol. The lowest BCUT2D eigenvalue weighted by molar-refractivity contribution is -0.131. The molecule has 4 rings (SSSR count). The highest BCUT2D eigenvalue weighted by Crippen LogP contribution is 2.46. The molecule has 1 heterocycles. The molecular weight excluding hydrogens is 212 g/mol. The van der Waals surface area contributed by atoms with Gasteiger partial charge in [-0.25, -0.2) is 0 Å². The van der Waals surface area contributed by atoms with E-state index in [9.17, 15) is 4.79 Å². The molecular formula is C14H22N2O. The number of rotatable bonds is 3. The Bertz CT molecular complexity index is 340. The predicted molar refractivity (Wildman–Crippen MR) is 65.3 cm³/mol. The third-order valence-electron chi connectivity index (χ3n) is 5.18. The van der Waals surface area contributed by atoms with Crippen LogP contribution in [-0.4, -0.2) is 29.1 Å². The molecule has 4 fully saturated rings. The Morgan fingerprint density at radius 2 is 1.88 bits per heavy atom. The number of amides is 1. The lowest BCUT2D eigenvalue weighted by Gasteiger charge is -2.29. The molecule has 1 amide bonds. The van der Waals surface area contributed by atoms with Crippen molar-refractivity contribution >= 4 is 5.91 Å². The van der Waals surface area contributed by atoms with Gasteiger partial charge < -0.3 is 4.90 Å². The molecule has 0 radical (unpaired) electrons. The molecule has 1 unspecified atom stereocenters. The highest BCUT2D eigenvalue weighted by atomic mass is 16.2. The van der Waals surface area contributed by atoms with Gasteiger partial charge in [0.2, 0.25) is 5.91 Å². The fraction of sp³-hybridized carbons (Fsp3) is 0.929. The molecule has 1 N–H and O–H groups in total. The van der Waals surface area contributed by atoms with E-state index in [0.29, 0.717) is 12.1 Å². The van der Waals surface area contributed by atoms with Crippen LogP contribution in [0.15, 0.2) is 0 Å². The molecule has 0 aromatic rings. The summed E-state index contributed by atoms with van der Waals surface area (Å²) in [6.07, 6.45) is 10.6. The van der Waals surface area contributed by atoms with Crippen molar-refractivity contribution < 1.29 is 4.79 Å². The van der Waals surface area contributed by atoms with E-state index in [1.807, 2.05) is 0 Å². The van der Waals surface area contributed by atoms with Gasteiger partial charge >= 0.3 is 0 Å². The van der Waals surface area contributed by atoms with Crippen LogP contribution in [-0.2, 0) is 4.79 Å². The molecule has 0 aromatic carbocycles. The maximum Gasteiger partial charge on any atom is 0.244 e. The van der Waals surface area contributed by atoms with Gasteiger partial charge in [0.25, 0.3) is 0 Å². The summed E-state index contributed by atoms with van der Waals surface area (Å²) in [6, 6.07) is 0. The van der Waals surface area contributed by atoms with Gasteiger partial charge in [-0.2, -0.15) is 0 Å². The molecule has 3 heteroatoms. The van der Waals surface area contributed by atoms with Gasteiger partial charge in [-0.15, -0.1) is 0 Å². The molecule has 0 aromatic heterocycles. The first-order valence-electron chi connectivity index (χ1n) is 7.37. The number of nitrogens with zero attached hydrogens (tertiary/aromatic N) is 1. The number of carbonyl (C=O) groups is 1. The van der Waals surface area contributed by atoms with Crippen LogP contribution >= 0.6 is 0 Å². The Balaban J connectivity index is 1.55. The summed E-state index contributed by atoms with van der Waals surface area (Å²) in [4.78, 5) is 14.7. The molecule has 4 aliphatic rings. The Morgan fingerprint density at radius 1 is 1.18 bits per heavy atom. The summed E-state index contributed by atoms with van der Waals surface area (Å²) in [5.41, 5.74) is -0.0951. The quantitative estimate of drug-likeness (QED) is 0.808. The van der Waals surface area contributed by atoms with Crippen molar-refractivity contribution in [2.45, 2.75) is 63.1 Å². The minimum absolute atomic E-state index is 0.0951. The van der Waals surface area contributed by atoms with E-state index < -0.39 is 0 Å². The highest BCUT2D eigenvalue weighted by Gasteiger charge is 2.60. The largest absolute Gasteiger partial charge is 0.325 e. The summed E-state index contributed by atoms with van der Waals surface area (Å²) in [6.45, 7) is 1.04. The van der Waals surface area contributed by atoms with Gasteiger partial charge in [-0.1, -0.05) is 12.8 Å². The van der Waals surface area contributed by atoms with E-state index >= 15 is 0 Å². The second-order valence-electron chi connectivity index (χ2n) is 6.62.